The Hall–Kier alpha value is -1.22. The van der Waals surface area contributed by atoms with E-state index in [1.165, 1.54) is 34.9 Å². The Morgan fingerprint density at radius 1 is 1.35 bits per heavy atom. The number of nitrogens with one attached hydrogen (secondary N) is 1. The molecule has 144 valence electrons. The lowest BCUT2D eigenvalue weighted by molar-refractivity contribution is -0.114. The van der Waals surface area contributed by atoms with Crippen LogP contribution in [0.1, 0.15) is 71.4 Å². The van der Waals surface area contributed by atoms with Crippen molar-refractivity contribution in [3.8, 4) is 0 Å². The van der Waals surface area contributed by atoms with Crippen molar-refractivity contribution in [1.29, 1.82) is 0 Å². The quantitative estimate of drug-likeness (QED) is 0.593. The van der Waals surface area contributed by atoms with Crippen LogP contribution in [0.5, 0.6) is 0 Å². The molecule has 0 spiro atoms. The maximum absolute atomic E-state index is 11.2. The molecule has 1 aliphatic carbocycles. The molecule has 1 aliphatic rings. The van der Waals surface area contributed by atoms with Crippen LogP contribution in [0.2, 0.25) is 0 Å². The van der Waals surface area contributed by atoms with Gasteiger partial charge in [-0.1, -0.05) is 53.2 Å². The summed E-state index contributed by atoms with van der Waals surface area (Å²) in [4.78, 5) is 14.7. The Balaban J connectivity index is 0.00000117. The third kappa shape index (κ3) is 4.54. The number of thioether (sulfide) groups is 1. The van der Waals surface area contributed by atoms with Gasteiger partial charge in [0.05, 0.1) is 5.75 Å². The highest BCUT2D eigenvalue weighted by Gasteiger charge is 2.38. The van der Waals surface area contributed by atoms with Crippen molar-refractivity contribution in [3.63, 3.8) is 0 Å². The van der Waals surface area contributed by atoms with E-state index in [4.69, 9.17) is 0 Å². The van der Waals surface area contributed by atoms with E-state index in [1.807, 2.05) is 13.8 Å². The van der Waals surface area contributed by atoms with E-state index in [1.54, 1.807) is 18.7 Å². The fraction of sp³-hybridized carbons (Fsp3) is 0.609. The number of benzene rings is 1. The molecule has 3 heteroatoms. The van der Waals surface area contributed by atoms with Crippen molar-refractivity contribution in [2.24, 2.45) is 11.3 Å². The number of carbonyl (C=O) groups excluding carboxylic acids is 1. The zero-order valence-corrected chi connectivity index (χ0v) is 18.1. The van der Waals surface area contributed by atoms with Crippen molar-refractivity contribution >= 4 is 28.4 Å². The molecule has 0 saturated carbocycles. The minimum Gasteiger partial charge on any atom is -0.361 e. The van der Waals surface area contributed by atoms with Crippen molar-refractivity contribution in [2.75, 3.05) is 11.5 Å². The zero-order chi connectivity index (χ0) is 19.3. The maximum Gasteiger partial charge on any atom is 0.139 e. The molecule has 0 bridgehead atoms. The number of rotatable bonds is 7. The van der Waals surface area contributed by atoms with Gasteiger partial charge in [0.2, 0.25) is 0 Å². The number of H-pyrrole nitrogens is 1. The third-order valence-electron chi connectivity index (χ3n) is 5.59. The molecule has 0 saturated heterocycles. The summed E-state index contributed by atoms with van der Waals surface area (Å²) >= 11 is 1.81. The summed E-state index contributed by atoms with van der Waals surface area (Å²) in [5, 5.41) is 1.47. The Labute approximate surface area is 163 Å². The van der Waals surface area contributed by atoms with E-state index in [0.29, 0.717) is 17.6 Å². The lowest BCUT2D eigenvalue weighted by Gasteiger charge is -2.40. The molecule has 2 unspecified atom stereocenters. The minimum absolute atomic E-state index is 0.280. The third-order valence-corrected chi connectivity index (χ3v) is 6.91. The second-order valence-electron chi connectivity index (χ2n) is 8.03. The molecule has 1 N–H and O–H groups in total. The van der Waals surface area contributed by atoms with Gasteiger partial charge in [-0.15, -0.1) is 0 Å². The van der Waals surface area contributed by atoms with Gasteiger partial charge < -0.3 is 4.98 Å². The average molecular weight is 374 g/mol. The zero-order valence-electron chi connectivity index (χ0n) is 17.3. The molecule has 2 atom stereocenters. The predicted molar refractivity (Wildman–Crippen MR) is 116 cm³/mol. The Kier molecular flexibility index (Phi) is 7.40. The number of hydrogen-bond donors (Lipinski definition) is 1. The average Bonchev–Trinajstić information content (AvgIpc) is 3.01. The second-order valence-corrected chi connectivity index (χ2v) is 9.06. The topological polar surface area (TPSA) is 32.9 Å². The van der Waals surface area contributed by atoms with E-state index in [-0.39, 0.29) is 11.2 Å². The van der Waals surface area contributed by atoms with Gasteiger partial charge in [0.15, 0.2) is 0 Å². The van der Waals surface area contributed by atoms with Gasteiger partial charge in [0.1, 0.15) is 5.78 Å². The fourth-order valence-electron chi connectivity index (χ4n) is 4.25. The van der Waals surface area contributed by atoms with Crippen LogP contribution in [0.15, 0.2) is 24.4 Å². The second kappa shape index (κ2) is 9.12. The Bertz CT molecular complexity index is 731. The number of Topliss-reactive ketones (excluding diaryl/α,β-unsaturated/α-hetero) is 1. The van der Waals surface area contributed by atoms with Crippen LogP contribution in [0.4, 0.5) is 0 Å². The lowest BCUT2D eigenvalue weighted by Crippen LogP contribution is -2.30. The molecular weight excluding hydrogens is 338 g/mol. The van der Waals surface area contributed by atoms with Crippen LogP contribution in [-0.2, 0) is 11.2 Å². The molecule has 1 heterocycles. The highest BCUT2D eigenvalue weighted by Crippen LogP contribution is 2.50. The monoisotopic (exact) mass is 373 g/mol. The largest absolute Gasteiger partial charge is 0.361 e. The van der Waals surface area contributed by atoms with Crippen molar-refractivity contribution < 1.29 is 4.79 Å². The molecule has 2 aromatic rings. The molecule has 3 rings (SSSR count). The smallest absolute Gasteiger partial charge is 0.139 e. The first-order valence-corrected chi connectivity index (χ1v) is 11.2. The molecular formula is C23H35NOS. The summed E-state index contributed by atoms with van der Waals surface area (Å²) in [6.07, 6.45) is 5.75. The van der Waals surface area contributed by atoms with Crippen molar-refractivity contribution in [1.82, 2.24) is 4.98 Å². The fourth-order valence-corrected chi connectivity index (χ4v) is 5.36. The van der Waals surface area contributed by atoms with E-state index in [2.05, 4.69) is 50.2 Å². The normalized spacial score (nSPS) is 18.9. The molecule has 0 radical (unpaired) electrons. The van der Waals surface area contributed by atoms with Crippen LogP contribution in [0, 0.1) is 11.3 Å². The van der Waals surface area contributed by atoms with E-state index in [9.17, 15) is 4.79 Å². The first kappa shape index (κ1) is 21.1. The van der Waals surface area contributed by atoms with E-state index < -0.39 is 0 Å². The molecule has 1 aromatic heterocycles. The minimum atomic E-state index is 0.280. The van der Waals surface area contributed by atoms with Crippen LogP contribution < -0.4 is 0 Å². The van der Waals surface area contributed by atoms with Gasteiger partial charge in [-0.05, 0) is 60.0 Å². The predicted octanol–water partition coefficient (Wildman–Crippen LogP) is 6.60. The highest BCUT2D eigenvalue weighted by molar-refractivity contribution is 7.99. The molecule has 2 nitrogen and oxygen atoms in total. The van der Waals surface area contributed by atoms with Crippen molar-refractivity contribution in [2.45, 2.75) is 66.7 Å². The highest BCUT2D eigenvalue weighted by atomic mass is 32.2. The summed E-state index contributed by atoms with van der Waals surface area (Å²) in [6.45, 7) is 12.8. The summed E-state index contributed by atoms with van der Waals surface area (Å²) in [5.41, 5.74) is 4.56. The first-order valence-electron chi connectivity index (χ1n) is 10.1. The van der Waals surface area contributed by atoms with Gasteiger partial charge >= 0.3 is 0 Å². The van der Waals surface area contributed by atoms with E-state index >= 15 is 0 Å². The van der Waals surface area contributed by atoms with E-state index in [0.717, 1.165) is 12.2 Å². The Morgan fingerprint density at radius 2 is 2.08 bits per heavy atom. The number of carbonyl (C=O) groups is 1. The Morgan fingerprint density at radius 3 is 2.73 bits per heavy atom. The molecule has 0 fully saturated rings. The number of aromatic nitrogens is 1. The lowest BCUT2D eigenvalue weighted by atomic mass is 9.64. The molecule has 1 aromatic carbocycles. The first-order chi connectivity index (χ1) is 12.4. The number of aromatic amines is 1. The van der Waals surface area contributed by atoms with Gasteiger partial charge in [0, 0.05) is 17.1 Å². The summed E-state index contributed by atoms with van der Waals surface area (Å²) < 4.78 is 0. The van der Waals surface area contributed by atoms with Crippen molar-refractivity contribution in [3.05, 3.63) is 35.5 Å². The van der Waals surface area contributed by atoms with Gasteiger partial charge in [0.25, 0.3) is 0 Å². The number of ketones is 1. The van der Waals surface area contributed by atoms with Crippen LogP contribution in [-0.4, -0.2) is 22.3 Å². The summed E-state index contributed by atoms with van der Waals surface area (Å²) in [7, 11) is 0. The molecule has 26 heavy (non-hydrogen) atoms. The molecule has 0 aliphatic heterocycles. The van der Waals surface area contributed by atoms with Crippen LogP contribution >= 0.6 is 11.8 Å². The molecule has 0 amide bonds. The standard InChI is InChI=1S/C21H29NOS.C2H6/c1-5-15(13-24-12-14(2)23)9-18-17-7-6-8-19-20(17)16(11-22-19)10-21(18,3)4;1-2/h6-8,11,15,18,22H,5,9-10,12-13H2,1-4H3;1-2H3. The van der Waals surface area contributed by atoms with Gasteiger partial charge in [-0.2, -0.15) is 11.8 Å². The van der Waals surface area contributed by atoms with Gasteiger partial charge in [-0.25, -0.2) is 0 Å². The maximum atomic E-state index is 11.2. The van der Waals surface area contributed by atoms with Crippen LogP contribution in [0.3, 0.4) is 0 Å². The summed E-state index contributed by atoms with van der Waals surface area (Å²) in [5.74, 6) is 3.30. The SMILES string of the molecule is CC.CCC(CSCC(C)=O)CC1c2cccc3[nH]cc(c23)CC1(C)C. The number of hydrogen-bond acceptors (Lipinski definition) is 2. The van der Waals surface area contributed by atoms with Gasteiger partial charge in [-0.3, -0.25) is 4.79 Å². The summed E-state index contributed by atoms with van der Waals surface area (Å²) in [6, 6.07) is 6.72. The van der Waals surface area contributed by atoms with Crippen LogP contribution in [0.25, 0.3) is 10.9 Å².